The Morgan fingerprint density at radius 2 is 1.00 bits per heavy atom. The van der Waals surface area contributed by atoms with E-state index in [1.807, 2.05) is 0 Å². The Morgan fingerprint density at radius 1 is 0.812 bits per heavy atom. The van der Waals surface area contributed by atoms with Gasteiger partial charge in [0.2, 0.25) is 0 Å². The molecule has 0 aromatic heterocycles. The summed E-state index contributed by atoms with van der Waals surface area (Å²) in [5.41, 5.74) is 0. The van der Waals surface area contributed by atoms with E-state index in [1.54, 1.807) is 0 Å². The smallest absolute Gasteiger partial charge is 0.303 e. The summed E-state index contributed by atoms with van der Waals surface area (Å²) in [4.78, 5) is 28.3. The first kappa shape index (κ1) is 19.8. The van der Waals surface area contributed by atoms with Crippen LogP contribution >= 0.6 is 0 Å². The number of aliphatic hydroxyl groups is 2. The highest BCUT2D eigenvalue weighted by molar-refractivity contribution is 5.75. The normalized spacial score (nSPS) is 7.69. The van der Waals surface area contributed by atoms with Crippen molar-refractivity contribution in [3.05, 3.63) is 0 Å². The Kier molecular flexibility index (Phi) is 19.6. The Labute approximate surface area is 91.8 Å². The topological polar surface area (TPSA) is 152 Å². The Morgan fingerprint density at radius 3 is 1.06 bits per heavy atom. The number of carboxylic acid groups (broad SMARTS) is 3. The highest BCUT2D eigenvalue weighted by Crippen LogP contribution is 1.86. The van der Waals surface area contributed by atoms with Gasteiger partial charge in [-0.2, -0.15) is 0 Å². The van der Waals surface area contributed by atoms with Gasteiger partial charge in [-0.15, -0.1) is 0 Å². The van der Waals surface area contributed by atoms with Crippen LogP contribution < -0.4 is 0 Å². The highest BCUT2D eigenvalue weighted by Gasteiger charge is 2.00. The lowest BCUT2D eigenvalue weighted by Gasteiger charge is -1.85. The van der Waals surface area contributed by atoms with Gasteiger partial charge in [0.15, 0.2) is 0 Å². The van der Waals surface area contributed by atoms with E-state index in [0.717, 1.165) is 6.92 Å². The van der Waals surface area contributed by atoms with Crippen LogP contribution in [0.3, 0.4) is 0 Å². The molecule has 0 unspecified atom stereocenters. The molecule has 16 heavy (non-hydrogen) atoms. The van der Waals surface area contributed by atoms with Crippen LogP contribution in [0, 0.1) is 0 Å². The zero-order valence-electron chi connectivity index (χ0n) is 8.79. The van der Waals surface area contributed by atoms with E-state index in [1.165, 1.54) is 0 Å². The molecule has 96 valence electrons. The van der Waals surface area contributed by atoms with Crippen molar-refractivity contribution < 1.29 is 39.9 Å². The zero-order chi connectivity index (χ0) is 13.6. The summed E-state index contributed by atoms with van der Waals surface area (Å²) in [5.74, 6) is -2.99. The lowest BCUT2D eigenvalue weighted by molar-refractivity contribution is -0.143. The van der Waals surface area contributed by atoms with E-state index >= 15 is 0 Å². The Hall–Kier alpha value is -1.67. The molecule has 0 amide bonds. The third-order valence-electron chi connectivity index (χ3n) is 0.653. The molecule has 0 atom stereocenters. The van der Waals surface area contributed by atoms with Crippen LogP contribution in [0.5, 0.6) is 0 Å². The molecular weight excluding hydrogens is 224 g/mol. The van der Waals surface area contributed by atoms with E-state index in [0.29, 0.717) is 0 Å². The van der Waals surface area contributed by atoms with Crippen LogP contribution in [-0.4, -0.2) is 56.7 Å². The third-order valence-corrected chi connectivity index (χ3v) is 0.653. The summed E-state index contributed by atoms with van der Waals surface area (Å²) in [6, 6.07) is 0. The van der Waals surface area contributed by atoms with Gasteiger partial charge in [0.1, 0.15) is 0 Å². The van der Waals surface area contributed by atoms with Gasteiger partial charge < -0.3 is 25.5 Å². The van der Waals surface area contributed by atoms with Gasteiger partial charge in [0.25, 0.3) is 5.97 Å². The van der Waals surface area contributed by atoms with Gasteiger partial charge in [-0.1, -0.05) is 0 Å². The SMILES string of the molecule is CC(=O)O.O=C(O)CCC(=O)O.OCCO. The molecular formula is C8H16O8. The molecule has 0 spiro atoms. The molecule has 0 radical (unpaired) electrons. The second-order valence-electron chi connectivity index (χ2n) is 2.25. The third kappa shape index (κ3) is 84.4. The maximum Gasteiger partial charge on any atom is 0.303 e. The van der Waals surface area contributed by atoms with Crippen LogP contribution in [0.1, 0.15) is 19.8 Å². The second-order valence-corrected chi connectivity index (χ2v) is 2.25. The van der Waals surface area contributed by atoms with Crippen LogP contribution in [0.25, 0.3) is 0 Å². The first-order valence-electron chi connectivity index (χ1n) is 4.12. The Bertz CT molecular complexity index is 180. The fourth-order valence-electron chi connectivity index (χ4n) is 0.214. The van der Waals surface area contributed by atoms with Crippen molar-refractivity contribution in [2.24, 2.45) is 0 Å². The zero-order valence-corrected chi connectivity index (χ0v) is 8.79. The average molecular weight is 240 g/mol. The van der Waals surface area contributed by atoms with Crippen molar-refractivity contribution in [1.29, 1.82) is 0 Å². The number of carbonyl (C=O) groups is 3. The highest BCUT2D eigenvalue weighted by atomic mass is 16.4. The van der Waals surface area contributed by atoms with Crippen molar-refractivity contribution in [2.75, 3.05) is 13.2 Å². The molecule has 5 N–H and O–H groups in total. The van der Waals surface area contributed by atoms with Gasteiger partial charge in [-0.25, -0.2) is 0 Å². The van der Waals surface area contributed by atoms with Gasteiger partial charge in [0.05, 0.1) is 26.1 Å². The molecule has 0 saturated carbocycles. The van der Waals surface area contributed by atoms with Crippen molar-refractivity contribution in [1.82, 2.24) is 0 Å². The molecule has 0 fully saturated rings. The van der Waals surface area contributed by atoms with Gasteiger partial charge in [-0.3, -0.25) is 14.4 Å². The number of aliphatic hydroxyl groups excluding tert-OH is 2. The summed E-state index contributed by atoms with van der Waals surface area (Å²) in [7, 11) is 0. The molecule has 0 heterocycles. The predicted octanol–water partition coefficient (Wildman–Crippen LogP) is -1.00. The largest absolute Gasteiger partial charge is 0.481 e. The lowest BCUT2D eigenvalue weighted by atomic mass is 10.3. The number of carboxylic acids is 3. The summed E-state index contributed by atoms with van der Waals surface area (Å²) in [5, 5.41) is 38.5. The van der Waals surface area contributed by atoms with Crippen molar-refractivity contribution in [3.8, 4) is 0 Å². The fraction of sp³-hybridized carbons (Fsp3) is 0.625. The molecule has 0 bridgehead atoms. The quantitative estimate of drug-likeness (QED) is 0.419. The van der Waals surface area contributed by atoms with E-state index in [2.05, 4.69) is 0 Å². The van der Waals surface area contributed by atoms with E-state index in [-0.39, 0.29) is 26.1 Å². The lowest BCUT2D eigenvalue weighted by Crippen LogP contribution is -2.00. The molecule has 0 aliphatic rings. The standard InChI is InChI=1S/C4H6O4.C2H4O2.C2H6O2/c5-3(6)1-2-4(7)8;1-2(3)4;3-1-2-4/h1-2H2,(H,5,6)(H,7,8);1H3,(H,3,4);3-4H,1-2H2. The second kappa shape index (κ2) is 15.8. The molecule has 0 rings (SSSR count). The summed E-state index contributed by atoms with van der Waals surface area (Å²) in [6.07, 6.45) is -0.593. The molecule has 8 nitrogen and oxygen atoms in total. The number of rotatable bonds is 4. The average Bonchev–Trinajstić information content (AvgIpc) is 2.14. The maximum atomic E-state index is 9.64. The van der Waals surface area contributed by atoms with E-state index < -0.39 is 17.9 Å². The van der Waals surface area contributed by atoms with Crippen molar-refractivity contribution >= 4 is 17.9 Å². The maximum absolute atomic E-state index is 9.64. The first-order chi connectivity index (χ1) is 7.27. The van der Waals surface area contributed by atoms with Crippen LogP contribution in [0.4, 0.5) is 0 Å². The molecule has 0 aromatic rings. The number of hydrogen-bond acceptors (Lipinski definition) is 5. The minimum absolute atomic E-state index is 0.125. The molecule has 0 aromatic carbocycles. The summed E-state index contributed by atoms with van der Waals surface area (Å²) >= 11 is 0. The van der Waals surface area contributed by atoms with Gasteiger partial charge in [-0.05, 0) is 0 Å². The van der Waals surface area contributed by atoms with Crippen molar-refractivity contribution in [2.45, 2.75) is 19.8 Å². The minimum atomic E-state index is -1.08. The van der Waals surface area contributed by atoms with E-state index in [9.17, 15) is 9.59 Å². The summed E-state index contributed by atoms with van der Waals surface area (Å²) < 4.78 is 0. The monoisotopic (exact) mass is 240 g/mol. The molecule has 0 saturated heterocycles. The predicted molar refractivity (Wildman–Crippen MR) is 52.0 cm³/mol. The molecule has 0 aliphatic carbocycles. The first-order valence-corrected chi connectivity index (χ1v) is 4.12. The Balaban J connectivity index is -0.000000179. The minimum Gasteiger partial charge on any atom is -0.481 e. The number of hydrogen-bond donors (Lipinski definition) is 5. The molecule has 0 aliphatic heterocycles. The van der Waals surface area contributed by atoms with Crippen LogP contribution in [0.2, 0.25) is 0 Å². The van der Waals surface area contributed by atoms with E-state index in [4.69, 9.17) is 30.3 Å². The molecule has 8 heteroatoms. The van der Waals surface area contributed by atoms with Crippen LogP contribution in [0.15, 0.2) is 0 Å². The van der Waals surface area contributed by atoms with Gasteiger partial charge >= 0.3 is 11.9 Å². The van der Waals surface area contributed by atoms with Crippen LogP contribution in [-0.2, 0) is 14.4 Å². The fourth-order valence-corrected chi connectivity index (χ4v) is 0.214. The van der Waals surface area contributed by atoms with Crippen molar-refractivity contribution in [3.63, 3.8) is 0 Å². The van der Waals surface area contributed by atoms with Gasteiger partial charge in [0, 0.05) is 6.92 Å². The number of aliphatic carboxylic acids is 3. The summed E-state index contributed by atoms with van der Waals surface area (Å²) in [6.45, 7) is 0.833.